The molecule has 6 nitrogen and oxygen atoms in total. The number of imide groups is 1. The number of anilines is 2. The second-order valence-corrected chi connectivity index (χ2v) is 6.73. The molecule has 0 unspecified atom stereocenters. The lowest BCUT2D eigenvalue weighted by molar-refractivity contribution is -0.120. The molecular formula is C24H19FN2O4. The third-order valence-corrected chi connectivity index (χ3v) is 4.88. The Labute approximate surface area is 178 Å². The van der Waals surface area contributed by atoms with Gasteiger partial charge in [-0.05, 0) is 42.0 Å². The summed E-state index contributed by atoms with van der Waals surface area (Å²) in [6, 6.07) is 19.2. The zero-order valence-corrected chi connectivity index (χ0v) is 16.9. The summed E-state index contributed by atoms with van der Waals surface area (Å²) in [7, 11) is 3.04. The van der Waals surface area contributed by atoms with Crippen LogP contribution in [0.15, 0.2) is 78.5 Å². The van der Waals surface area contributed by atoms with Gasteiger partial charge in [0.15, 0.2) is 11.5 Å². The van der Waals surface area contributed by atoms with Crippen molar-refractivity contribution in [2.24, 2.45) is 0 Å². The summed E-state index contributed by atoms with van der Waals surface area (Å²) in [4.78, 5) is 27.6. The van der Waals surface area contributed by atoms with E-state index in [1.54, 1.807) is 42.5 Å². The molecule has 1 aliphatic heterocycles. The number of nitrogens with one attached hydrogen (secondary N) is 1. The molecule has 2 amide bonds. The number of carbonyl (C=O) groups excluding carboxylic acids is 2. The number of nitrogens with zero attached hydrogens (tertiary/aromatic N) is 1. The van der Waals surface area contributed by atoms with Crippen molar-refractivity contribution in [1.29, 1.82) is 0 Å². The van der Waals surface area contributed by atoms with Crippen molar-refractivity contribution in [2.75, 3.05) is 24.4 Å². The van der Waals surface area contributed by atoms with E-state index < -0.39 is 17.6 Å². The molecule has 31 heavy (non-hydrogen) atoms. The van der Waals surface area contributed by atoms with E-state index in [0.29, 0.717) is 22.7 Å². The molecule has 3 aromatic carbocycles. The maximum atomic E-state index is 13.4. The molecule has 0 saturated carbocycles. The van der Waals surface area contributed by atoms with Gasteiger partial charge in [0, 0.05) is 11.8 Å². The fourth-order valence-corrected chi connectivity index (χ4v) is 3.40. The topological polar surface area (TPSA) is 67.9 Å². The average molecular weight is 418 g/mol. The molecule has 1 aliphatic rings. The molecule has 0 aliphatic carbocycles. The molecule has 0 fully saturated rings. The minimum absolute atomic E-state index is 0.118. The van der Waals surface area contributed by atoms with Gasteiger partial charge in [0.25, 0.3) is 11.8 Å². The normalized spacial score (nSPS) is 13.6. The van der Waals surface area contributed by atoms with Gasteiger partial charge in [0.2, 0.25) is 0 Å². The van der Waals surface area contributed by atoms with Gasteiger partial charge in [0.1, 0.15) is 11.5 Å². The molecule has 0 atom stereocenters. The molecule has 7 heteroatoms. The summed E-state index contributed by atoms with van der Waals surface area (Å²) < 4.78 is 23.9. The Hall–Kier alpha value is -4.13. The lowest BCUT2D eigenvalue weighted by atomic mass is 10.0. The van der Waals surface area contributed by atoms with Crippen LogP contribution >= 0.6 is 0 Å². The summed E-state index contributed by atoms with van der Waals surface area (Å²) >= 11 is 0. The minimum atomic E-state index is -0.537. The van der Waals surface area contributed by atoms with Gasteiger partial charge in [-0.2, -0.15) is 0 Å². The number of methoxy groups -OCH3 is 2. The first-order chi connectivity index (χ1) is 15.0. The standard InChI is InChI=1S/C24H19FN2O4/c1-30-19-13-10-17(14-20(19)31-2)26-22-21(15-6-4-3-5-7-15)23(28)27(24(22)29)18-11-8-16(25)9-12-18/h3-14,26H,1-2H3. The predicted octanol–water partition coefficient (Wildman–Crippen LogP) is 4.24. The van der Waals surface area contributed by atoms with E-state index in [1.165, 1.54) is 38.5 Å². The number of benzene rings is 3. The third kappa shape index (κ3) is 3.73. The molecular weight excluding hydrogens is 399 g/mol. The lowest BCUT2D eigenvalue weighted by Crippen LogP contribution is -2.32. The summed E-state index contributed by atoms with van der Waals surface area (Å²) in [6.45, 7) is 0. The molecule has 4 rings (SSSR count). The van der Waals surface area contributed by atoms with E-state index in [-0.39, 0.29) is 17.0 Å². The number of ether oxygens (including phenoxy) is 2. The van der Waals surface area contributed by atoms with Crippen LogP contribution in [0, 0.1) is 5.82 Å². The summed E-state index contributed by atoms with van der Waals surface area (Å²) in [5, 5.41) is 3.06. The van der Waals surface area contributed by atoms with Crippen LogP contribution in [0.2, 0.25) is 0 Å². The summed E-state index contributed by atoms with van der Waals surface area (Å²) in [6.07, 6.45) is 0. The SMILES string of the molecule is COc1ccc(NC2=C(c3ccccc3)C(=O)N(c3ccc(F)cc3)C2=O)cc1OC. The Morgan fingerprint density at radius 1 is 0.806 bits per heavy atom. The Bertz CT molecular complexity index is 1170. The van der Waals surface area contributed by atoms with Crippen molar-refractivity contribution < 1.29 is 23.5 Å². The largest absolute Gasteiger partial charge is 0.493 e. The van der Waals surface area contributed by atoms with Gasteiger partial charge in [-0.1, -0.05) is 30.3 Å². The van der Waals surface area contributed by atoms with Gasteiger partial charge >= 0.3 is 0 Å². The molecule has 0 radical (unpaired) electrons. The Morgan fingerprint density at radius 2 is 1.48 bits per heavy atom. The van der Waals surface area contributed by atoms with Crippen molar-refractivity contribution in [1.82, 2.24) is 0 Å². The molecule has 1 N–H and O–H groups in total. The van der Waals surface area contributed by atoms with Gasteiger partial charge in [-0.25, -0.2) is 9.29 Å². The lowest BCUT2D eigenvalue weighted by Gasteiger charge is -2.15. The van der Waals surface area contributed by atoms with Crippen molar-refractivity contribution in [2.45, 2.75) is 0 Å². The van der Waals surface area contributed by atoms with E-state index in [2.05, 4.69) is 5.32 Å². The van der Waals surface area contributed by atoms with Crippen LogP contribution in [0.5, 0.6) is 11.5 Å². The number of hydrogen-bond acceptors (Lipinski definition) is 5. The zero-order valence-electron chi connectivity index (χ0n) is 16.9. The van der Waals surface area contributed by atoms with E-state index >= 15 is 0 Å². The highest BCUT2D eigenvalue weighted by Gasteiger charge is 2.40. The van der Waals surface area contributed by atoms with Gasteiger partial charge < -0.3 is 14.8 Å². The second kappa shape index (κ2) is 8.31. The third-order valence-electron chi connectivity index (χ3n) is 4.88. The van der Waals surface area contributed by atoms with Crippen molar-refractivity contribution in [3.63, 3.8) is 0 Å². The highest BCUT2D eigenvalue weighted by Crippen LogP contribution is 2.35. The minimum Gasteiger partial charge on any atom is -0.493 e. The molecule has 1 heterocycles. The van der Waals surface area contributed by atoms with Gasteiger partial charge in [-0.15, -0.1) is 0 Å². The van der Waals surface area contributed by atoms with Crippen LogP contribution in [0.25, 0.3) is 5.57 Å². The number of rotatable bonds is 6. The molecule has 0 aromatic heterocycles. The van der Waals surface area contributed by atoms with E-state index in [4.69, 9.17) is 9.47 Å². The smallest absolute Gasteiger partial charge is 0.282 e. The monoisotopic (exact) mass is 418 g/mol. The van der Waals surface area contributed by atoms with Gasteiger partial charge in [-0.3, -0.25) is 9.59 Å². The van der Waals surface area contributed by atoms with Crippen LogP contribution in [-0.2, 0) is 9.59 Å². The van der Waals surface area contributed by atoms with Crippen LogP contribution in [-0.4, -0.2) is 26.0 Å². The average Bonchev–Trinajstić information content (AvgIpc) is 3.04. The molecule has 0 bridgehead atoms. The fourth-order valence-electron chi connectivity index (χ4n) is 3.40. The first kappa shape index (κ1) is 20.2. The molecule has 0 spiro atoms. The summed E-state index contributed by atoms with van der Waals surface area (Å²) in [5.74, 6) is -0.479. The first-order valence-electron chi connectivity index (χ1n) is 9.46. The Kier molecular flexibility index (Phi) is 5.41. The number of halogens is 1. The van der Waals surface area contributed by atoms with Crippen molar-refractivity contribution in [3.8, 4) is 11.5 Å². The van der Waals surface area contributed by atoms with E-state index in [0.717, 1.165) is 4.90 Å². The van der Waals surface area contributed by atoms with Crippen LogP contribution in [0.1, 0.15) is 5.56 Å². The quantitative estimate of drug-likeness (QED) is 0.607. The van der Waals surface area contributed by atoms with Crippen LogP contribution < -0.4 is 19.7 Å². The highest BCUT2D eigenvalue weighted by atomic mass is 19.1. The fraction of sp³-hybridized carbons (Fsp3) is 0.0833. The number of amides is 2. The second-order valence-electron chi connectivity index (χ2n) is 6.73. The maximum absolute atomic E-state index is 13.4. The maximum Gasteiger partial charge on any atom is 0.282 e. The number of carbonyl (C=O) groups is 2. The predicted molar refractivity (Wildman–Crippen MR) is 115 cm³/mol. The van der Waals surface area contributed by atoms with Gasteiger partial charge in [0.05, 0.1) is 25.5 Å². The van der Waals surface area contributed by atoms with Crippen LogP contribution in [0.3, 0.4) is 0 Å². The Balaban J connectivity index is 1.79. The van der Waals surface area contributed by atoms with E-state index in [1.807, 2.05) is 6.07 Å². The molecule has 0 saturated heterocycles. The van der Waals surface area contributed by atoms with Crippen molar-refractivity contribution >= 4 is 28.8 Å². The van der Waals surface area contributed by atoms with Crippen LogP contribution in [0.4, 0.5) is 15.8 Å². The molecule has 3 aromatic rings. The van der Waals surface area contributed by atoms with Crippen molar-refractivity contribution in [3.05, 3.63) is 89.9 Å². The first-order valence-corrected chi connectivity index (χ1v) is 9.46. The van der Waals surface area contributed by atoms with E-state index in [9.17, 15) is 14.0 Å². The molecule has 156 valence electrons. The Morgan fingerprint density at radius 3 is 2.13 bits per heavy atom. The highest BCUT2D eigenvalue weighted by molar-refractivity contribution is 6.46. The zero-order chi connectivity index (χ0) is 22.0. The number of hydrogen-bond donors (Lipinski definition) is 1. The summed E-state index contributed by atoms with van der Waals surface area (Å²) in [5.41, 5.74) is 1.77.